The minimum absolute atomic E-state index is 0.0829. The number of ketones is 1. The maximum atomic E-state index is 13.9. The summed E-state index contributed by atoms with van der Waals surface area (Å²) in [6.45, 7) is 6.29. The third kappa shape index (κ3) is 5.56. The van der Waals surface area contributed by atoms with Gasteiger partial charge in [-0.3, -0.25) is 18.9 Å². The summed E-state index contributed by atoms with van der Waals surface area (Å²) in [6.07, 6.45) is 1.75. The fourth-order valence-electron chi connectivity index (χ4n) is 6.03. The molecule has 1 aliphatic rings. The molecule has 1 N–H and O–H groups in total. The molecule has 10 nitrogen and oxygen atoms in total. The standard InChI is InChI=1S/C36H31N5O5S2/c1-4-45-26-17-16-23(19-27(26)46-5-2)31-29(32(42)30-21(3)37-28-15-8-9-18-40(28)30)33(43)34(44)41(31)35-38-39-36(48-35)47-20-24-13-10-12-22-11-6-7-14-25(22)24/h6-19,31,42H,4-5,20H2,1-3H3/b32-29+. The van der Waals surface area contributed by atoms with Crippen LogP contribution in [0.15, 0.2) is 95.0 Å². The number of rotatable bonds is 10. The Hall–Kier alpha value is -5.20. The fourth-order valence-corrected chi connectivity index (χ4v) is 7.90. The van der Waals surface area contributed by atoms with Gasteiger partial charge in [0, 0.05) is 11.9 Å². The van der Waals surface area contributed by atoms with Gasteiger partial charge in [-0.1, -0.05) is 77.7 Å². The number of aromatic nitrogens is 4. The van der Waals surface area contributed by atoms with Crippen molar-refractivity contribution < 1.29 is 24.2 Å². The predicted octanol–water partition coefficient (Wildman–Crippen LogP) is 7.36. The Balaban J connectivity index is 1.32. The van der Waals surface area contributed by atoms with E-state index in [-0.39, 0.29) is 16.5 Å². The first-order chi connectivity index (χ1) is 23.4. The number of pyridine rings is 1. The molecule has 1 aliphatic heterocycles. The number of benzene rings is 3. The Morgan fingerprint density at radius 3 is 2.54 bits per heavy atom. The summed E-state index contributed by atoms with van der Waals surface area (Å²) in [5.41, 5.74) is 3.03. The van der Waals surface area contributed by atoms with E-state index in [1.807, 2.05) is 38.1 Å². The first-order valence-corrected chi connectivity index (χ1v) is 17.3. The van der Waals surface area contributed by atoms with Crippen molar-refractivity contribution >= 4 is 62.1 Å². The van der Waals surface area contributed by atoms with Gasteiger partial charge in [-0.2, -0.15) is 0 Å². The number of aliphatic hydroxyl groups excluding tert-OH is 1. The van der Waals surface area contributed by atoms with E-state index in [9.17, 15) is 14.7 Å². The molecule has 12 heteroatoms. The van der Waals surface area contributed by atoms with Crippen LogP contribution in [0.4, 0.5) is 5.13 Å². The maximum Gasteiger partial charge on any atom is 0.301 e. The summed E-state index contributed by atoms with van der Waals surface area (Å²) in [5, 5.41) is 23.2. The zero-order valence-electron chi connectivity index (χ0n) is 26.4. The number of anilines is 1. The van der Waals surface area contributed by atoms with Crippen LogP contribution in [0.25, 0.3) is 22.2 Å². The second kappa shape index (κ2) is 13.1. The lowest BCUT2D eigenvalue weighted by molar-refractivity contribution is -0.132. The van der Waals surface area contributed by atoms with E-state index in [4.69, 9.17) is 9.47 Å². The van der Waals surface area contributed by atoms with Crippen LogP contribution >= 0.6 is 23.1 Å². The largest absolute Gasteiger partial charge is 0.505 e. The molecule has 0 saturated carbocycles. The highest BCUT2D eigenvalue weighted by atomic mass is 32.2. The summed E-state index contributed by atoms with van der Waals surface area (Å²) < 4.78 is 14.0. The molecule has 1 unspecified atom stereocenters. The van der Waals surface area contributed by atoms with E-state index in [1.165, 1.54) is 28.0 Å². The lowest BCUT2D eigenvalue weighted by atomic mass is 9.96. The number of nitrogens with zero attached hydrogens (tertiary/aromatic N) is 5. The van der Waals surface area contributed by atoms with Gasteiger partial charge in [0.25, 0.3) is 5.78 Å². The summed E-state index contributed by atoms with van der Waals surface area (Å²) in [4.78, 5) is 33.7. The molecule has 242 valence electrons. The van der Waals surface area contributed by atoms with Crippen molar-refractivity contribution in [3.63, 3.8) is 0 Å². The van der Waals surface area contributed by atoms with Gasteiger partial charge in [0.2, 0.25) is 5.13 Å². The summed E-state index contributed by atoms with van der Waals surface area (Å²) >= 11 is 2.72. The van der Waals surface area contributed by atoms with Crippen LogP contribution in [0.2, 0.25) is 0 Å². The van der Waals surface area contributed by atoms with Crippen molar-refractivity contribution in [2.24, 2.45) is 0 Å². The Kier molecular flexibility index (Phi) is 8.59. The molecule has 0 bridgehead atoms. The molecular weight excluding hydrogens is 647 g/mol. The third-order valence-electron chi connectivity index (χ3n) is 8.09. The second-order valence-electron chi connectivity index (χ2n) is 11.0. The first-order valence-electron chi connectivity index (χ1n) is 15.5. The molecule has 3 aromatic carbocycles. The van der Waals surface area contributed by atoms with Gasteiger partial charge in [-0.25, -0.2) is 4.98 Å². The van der Waals surface area contributed by atoms with Gasteiger partial charge in [0.05, 0.1) is 30.5 Å². The van der Waals surface area contributed by atoms with Gasteiger partial charge in [-0.05, 0) is 66.9 Å². The number of hydrogen-bond donors (Lipinski definition) is 1. The first kappa shape index (κ1) is 31.4. The number of fused-ring (bicyclic) bond motifs is 2. The van der Waals surface area contributed by atoms with E-state index in [1.54, 1.807) is 47.9 Å². The molecule has 1 atom stereocenters. The van der Waals surface area contributed by atoms with E-state index in [2.05, 4.69) is 39.4 Å². The molecule has 1 fully saturated rings. The van der Waals surface area contributed by atoms with Crippen LogP contribution in [0.5, 0.6) is 11.5 Å². The SMILES string of the molecule is CCOc1ccc(C2/C(=C(\O)c3c(C)nc4ccccn34)C(=O)C(=O)N2c2nnc(SCc3cccc4ccccc34)s2)cc1OCC. The van der Waals surface area contributed by atoms with Crippen molar-refractivity contribution in [1.82, 2.24) is 19.6 Å². The minimum Gasteiger partial charge on any atom is -0.505 e. The third-order valence-corrected chi connectivity index (χ3v) is 10.2. The van der Waals surface area contributed by atoms with Crippen LogP contribution in [0.1, 0.15) is 42.4 Å². The highest BCUT2D eigenvalue weighted by Crippen LogP contribution is 2.46. The monoisotopic (exact) mass is 677 g/mol. The number of amides is 1. The molecule has 1 saturated heterocycles. The number of hydrogen-bond acceptors (Lipinski definition) is 10. The number of thioether (sulfide) groups is 1. The van der Waals surface area contributed by atoms with Gasteiger partial charge in [0.1, 0.15) is 11.3 Å². The lowest BCUT2D eigenvalue weighted by Crippen LogP contribution is -2.29. The van der Waals surface area contributed by atoms with Crippen molar-refractivity contribution in [2.75, 3.05) is 18.1 Å². The highest BCUT2D eigenvalue weighted by molar-refractivity contribution is 8.00. The minimum atomic E-state index is -1.03. The second-order valence-corrected chi connectivity index (χ2v) is 13.2. The number of aliphatic hydroxyl groups is 1. The van der Waals surface area contributed by atoms with Crippen molar-refractivity contribution in [3.05, 3.63) is 113 Å². The molecule has 7 rings (SSSR count). The number of ether oxygens (including phenoxy) is 2. The zero-order valence-corrected chi connectivity index (χ0v) is 28.0. The Bertz CT molecular complexity index is 2220. The van der Waals surface area contributed by atoms with E-state index in [0.717, 1.165) is 16.3 Å². The zero-order chi connectivity index (χ0) is 33.4. The average molecular weight is 678 g/mol. The van der Waals surface area contributed by atoms with Gasteiger partial charge in [0.15, 0.2) is 21.6 Å². The molecular formula is C36H31N5O5S2. The molecule has 0 radical (unpaired) electrons. The molecule has 0 aliphatic carbocycles. The fraction of sp³-hybridized carbons (Fsp3) is 0.194. The van der Waals surface area contributed by atoms with Gasteiger partial charge in [-0.15, -0.1) is 10.2 Å². The molecule has 6 aromatic rings. The Morgan fingerprint density at radius 2 is 1.71 bits per heavy atom. The van der Waals surface area contributed by atoms with Crippen molar-refractivity contribution in [1.29, 1.82) is 0 Å². The summed E-state index contributed by atoms with van der Waals surface area (Å²) in [6, 6.07) is 24.1. The molecule has 48 heavy (non-hydrogen) atoms. The van der Waals surface area contributed by atoms with Gasteiger partial charge < -0.3 is 14.6 Å². The van der Waals surface area contributed by atoms with Crippen LogP contribution in [-0.4, -0.2) is 49.6 Å². The Morgan fingerprint density at radius 1 is 0.938 bits per heavy atom. The normalized spacial score (nSPS) is 15.9. The van der Waals surface area contributed by atoms with E-state index >= 15 is 0 Å². The van der Waals surface area contributed by atoms with Crippen molar-refractivity contribution in [3.8, 4) is 11.5 Å². The molecule has 1 amide bonds. The van der Waals surface area contributed by atoms with Gasteiger partial charge >= 0.3 is 5.91 Å². The number of carbonyl (C=O) groups excluding carboxylic acids is 2. The van der Waals surface area contributed by atoms with Crippen molar-refractivity contribution in [2.45, 2.75) is 36.9 Å². The summed E-state index contributed by atoms with van der Waals surface area (Å²) in [7, 11) is 0. The molecule has 0 spiro atoms. The van der Waals surface area contributed by atoms with Crippen LogP contribution < -0.4 is 14.4 Å². The van der Waals surface area contributed by atoms with Crippen LogP contribution in [0, 0.1) is 6.92 Å². The molecule has 3 aromatic heterocycles. The lowest BCUT2D eigenvalue weighted by Gasteiger charge is -2.23. The molecule has 4 heterocycles. The van der Waals surface area contributed by atoms with Crippen LogP contribution in [0.3, 0.4) is 0 Å². The quantitative estimate of drug-likeness (QED) is 0.0521. The highest BCUT2D eigenvalue weighted by Gasteiger charge is 2.49. The van der Waals surface area contributed by atoms with E-state index in [0.29, 0.717) is 57.4 Å². The smallest absolute Gasteiger partial charge is 0.301 e. The van der Waals surface area contributed by atoms with E-state index < -0.39 is 17.7 Å². The topological polar surface area (TPSA) is 119 Å². The number of imidazole rings is 1. The average Bonchev–Trinajstić information content (AvgIpc) is 3.77. The predicted molar refractivity (Wildman–Crippen MR) is 187 cm³/mol. The maximum absolute atomic E-state index is 13.9. The summed E-state index contributed by atoms with van der Waals surface area (Å²) in [5.74, 6) is -0.365. The Labute approximate surface area is 284 Å². The van der Waals surface area contributed by atoms with Crippen LogP contribution in [-0.2, 0) is 15.3 Å². The number of carbonyl (C=O) groups is 2. The number of aryl methyl sites for hydroxylation is 1. The number of Topliss-reactive ketones (excluding diaryl/α,β-unsaturated/α-hetero) is 1.